The molecule has 0 saturated carbocycles. The molecule has 7 rings (SSSR count). The highest BCUT2D eigenvalue weighted by atomic mass is 19.1. The summed E-state index contributed by atoms with van der Waals surface area (Å²) in [4.78, 5) is 40.6. The molecule has 2 aliphatic rings. The summed E-state index contributed by atoms with van der Waals surface area (Å²) in [6, 6.07) is 11.2. The zero-order valence-corrected chi connectivity index (χ0v) is 25.8. The summed E-state index contributed by atoms with van der Waals surface area (Å²) in [6.07, 6.45) is 4.17. The van der Waals surface area contributed by atoms with Crippen molar-refractivity contribution in [3.63, 3.8) is 0 Å². The molecule has 0 unspecified atom stereocenters. The molecule has 12 heteroatoms. The Morgan fingerprint density at radius 1 is 1.11 bits per heavy atom. The molecule has 2 aliphatic heterocycles. The Labute approximate surface area is 264 Å². The number of benzene rings is 1. The number of aromatic nitrogens is 5. The van der Waals surface area contributed by atoms with E-state index in [2.05, 4.69) is 25.5 Å². The number of hydrogen-bond acceptors (Lipinski definition) is 6. The lowest BCUT2D eigenvalue weighted by atomic mass is 10.0. The van der Waals surface area contributed by atoms with Gasteiger partial charge in [-0.1, -0.05) is 6.42 Å². The molecule has 0 spiro atoms. The maximum absolute atomic E-state index is 15.3. The Kier molecular flexibility index (Phi) is 7.97. The number of aryl methyl sites for hydroxylation is 3. The van der Waals surface area contributed by atoms with Crippen LogP contribution in [0.3, 0.4) is 0 Å². The van der Waals surface area contributed by atoms with E-state index in [4.69, 9.17) is 9.97 Å². The Hall–Kier alpha value is -4.71. The van der Waals surface area contributed by atoms with Gasteiger partial charge in [-0.3, -0.25) is 14.6 Å². The Morgan fingerprint density at radius 3 is 2.83 bits per heavy atom. The molecule has 10 nitrogen and oxygen atoms in total. The SMILES string of the molecule is C[C@H]1NC(=O)c2cccnc2CCCCCn2c(-c3nc4cc(C(=O)N[C@H]5CNCC[C@@H]5F)c(F)cc4n3C)cc3ccc1nc32. The summed E-state index contributed by atoms with van der Waals surface area (Å²) in [6.45, 7) is 3.42. The monoisotopic (exact) mass is 626 g/mol. The first-order valence-electron chi connectivity index (χ1n) is 15.9. The normalized spacial score (nSPS) is 20.8. The van der Waals surface area contributed by atoms with Crippen molar-refractivity contribution in [2.45, 2.75) is 63.8 Å². The van der Waals surface area contributed by atoms with E-state index in [9.17, 15) is 14.0 Å². The number of nitrogens with one attached hydrogen (secondary N) is 3. The molecular formula is C34H36F2N8O2. The number of imidazole rings is 1. The van der Waals surface area contributed by atoms with Crippen LogP contribution in [-0.2, 0) is 20.0 Å². The minimum absolute atomic E-state index is 0.171. The van der Waals surface area contributed by atoms with Crippen molar-refractivity contribution >= 4 is 33.9 Å². The van der Waals surface area contributed by atoms with Gasteiger partial charge in [-0.25, -0.2) is 18.7 Å². The molecule has 1 aromatic carbocycles. The minimum atomic E-state index is -1.19. The summed E-state index contributed by atoms with van der Waals surface area (Å²) >= 11 is 0. The highest BCUT2D eigenvalue weighted by Gasteiger charge is 2.28. The molecule has 1 fully saturated rings. The van der Waals surface area contributed by atoms with E-state index in [1.807, 2.05) is 42.8 Å². The number of alkyl halides is 1. The van der Waals surface area contributed by atoms with Crippen molar-refractivity contribution in [2.24, 2.45) is 7.05 Å². The zero-order chi connectivity index (χ0) is 31.9. The van der Waals surface area contributed by atoms with Crippen molar-refractivity contribution in [3.05, 3.63) is 77.0 Å². The van der Waals surface area contributed by atoms with E-state index in [0.29, 0.717) is 54.9 Å². The van der Waals surface area contributed by atoms with E-state index in [1.165, 1.54) is 12.1 Å². The van der Waals surface area contributed by atoms with Gasteiger partial charge in [-0.2, -0.15) is 0 Å². The molecule has 2 bridgehead atoms. The number of piperidine rings is 1. The van der Waals surface area contributed by atoms with Crippen LogP contribution in [0, 0.1) is 5.82 Å². The van der Waals surface area contributed by atoms with Gasteiger partial charge in [0.05, 0.1) is 51.3 Å². The number of rotatable bonds is 3. The molecule has 3 N–H and O–H groups in total. The van der Waals surface area contributed by atoms with E-state index < -0.39 is 23.9 Å². The van der Waals surface area contributed by atoms with Crippen LogP contribution in [0.15, 0.2) is 48.7 Å². The van der Waals surface area contributed by atoms with Crippen LogP contribution in [0.25, 0.3) is 33.6 Å². The van der Waals surface area contributed by atoms with Gasteiger partial charge in [-0.15, -0.1) is 0 Å². The number of halogens is 2. The average Bonchev–Trinajstić information content (AvgIpc) is 3.57. The van der Waals surface area contributed by atoms with Crippen molar-refractivity contribution in [1.29, 1.82) is 0 Å². The van der Waals surface area contributed by atoms with Gasteiger partial charge in [0.2, 0.25) is 0 Å². The number of pyridine rings is 2. The Bertz CT molecular complexity index is 1970. The molecule has 1 saturated heterocycles. The number of carbonyl (C=O) groups excluding carboxylic acids is 2. The third kappa shape index (κ3) is 5.51. The number of amides is 2. The molecule has 46 heavy (non-hydrogen) atoms. The summed E-state index contributed by atoms with van der Waals surface area (Å²) < 4.78 is 33.7. The zero-order valence-electron chi connectivity index (χ0n) is 25.8. The van der Waals surface area contributed by atoms with Gasteiger partial charge in [0.25, 0.3) is 11.8 Å². The topological polar surface area (TPSA) is 119 Å². The van der Waals surface area contributed by atoms with Crippen LogP contribution in [0.4, 0.5) is 8.78 Å². The van der Waals surface area contributed by atoms with E-state index in [-0.39, 0.29) is 17.5 Å². The van der Waals surface area contributed by atoms with Gasteiger partial charge in [0, 0.05) is 37.8 Å². The second kappa shape index (κ2) is 12.2. The third-order valence-corrected chi connectivity index (χ3v) is 9.14. The van der Waals surface area contributed by atoms with Crippen molar-refractivity contribution in [2.75, 3.05) is 13.1 Å². The predicted molar refractivity (Wildman–Crippen MR) is 171 cm³/mol. The first-order valence-corrected chi connectivity index (χ1v) is 15.9. The highest BCUT2D eigenvalue weighted by molar-refractivity contribution is 5.99. The quantitative estimate of drug-likeness (QED) is 0.266. The van der Waals surface area contributed by atoms with Crippen molar-refractivity contribution < 1.29 is 18.4 Å². The largest absolute Gasteiger partial charge is 0.345 e. The maximum Gasteiger partial charge on any atom is 0.254 e. The Balaban J connectivity index is 1.26. The number of hydrogen-bond donors (Lipinski definition) is 3. The van der Waals surface area contributed by atoms with E-state index in [1.54, 1.807) is 12.3 Å². The minimum Gasteiger partial charge on any atom is -0.345 e. The number of fused-ring (bicyclic) bond motifs is 3. The molecule has 0 aliphatic carbocycles. The molecule has 5 aromatic rings. The molecule has 3 atom stereocenters. The van der Waals surface area contributed by atoms with Gasteiger partial charge in [0.1, 0.15) is 17.6 Å². The molecular weight excluding hydrogens is 590 g/mol. The third-order valence-electron chi connectivity index (χ3n) is 9.14. The van der Waals surface area contributed by atoms with Crippen LogP contribution in [0.5, 0.6) is 0 Å². The van der Waals surface area contributed by atoms with Crippen molar-refractivity contribution in [1.82, 2.24) is 40.0 Å². The smallest absolute Gasteiger partial charge is 0.254 e. The lowest BCUT2D eigenvalue weighted by molar-refractivity contribution is 0.0887. The first kappa shape index (κ1) is 30.0. The second-order valence-corrected chi connectivity index (χ2v) is 12.2. The van der Waals surface area contributed by atoms with Crippen LogP contribution in [0.1, 0.15) is 70.8 Å². The maximum atomic E-state index is 15.3. The highest BCUT2D eigenvalue weighted by Crippen LogP contribution is 2.32. The Morgan fingerprint density at radius 2 is 1.98 bits per heavy atom. The van der Waals surface area contributed by atoms with Gasteiger partial charge < -0.3 is 25.1 Å². The number of nitrogens with zero attached hydrogens (tertiary/aromatic N) is 5. The summed E-state index contributed by atoms with van der Waals surface area (Å²) in [7, 11) is 1.82. The fourth-order valence-corrected chi connectivity index (χ4v) is 6.56. The summed E-state index contributed by atoms with van der Waals surface area (Å²) in [5.74, 6) is -0.932. The second-order valence-electron chi connectivity index (χ2n) is 12.2. The van der Waals surface area contributed by atoms with Crippen LogP contribution in [-0.4, -0.2) is 61.2 Å². The van der Waals surface area contributed by atoms with Crippen LogP contribution < -0.4 is 16.0 Å². The van der Waals surface area contributed by atoms with Gasteiger partial charge in [-0.05, 0) is 75.5 Å². The first-order chi connectivity index (χ1) is 22.3. The summed E-state index contributed by atoms with van der Waals surface area (Å²) in [5.41, 5.74) is 4.50. The molecule has 4 aromatic heterocycles. The van der Waals surface area contributed by atoms with Crippen LogP contribution in [0.2, 0.25) is 0 Å². The van der Waals surface area contributed by atoms with E-state index >= 15 is 4.39 Å². The van der Waals surface area contributed by atoms with Gasteiger partial charge >= 0.3 is 0 Å². The molecule has 2 amide bonds. The van der Waals surface area contributed by atoms with Crippen LogP contribution >= 0.6 is 0 Å². The lowest BCUT2D eigenvalue weighted by Gasteiger charge is -2.27. The van der Waals surface area contributed by atoms with Gasteiger partial charge in [0.15, 0.2) is 5.82 Å². The molecule has 0 radical (unpaired) electrons. The fourth-order valence-electron chi connectivity index (χ4n) is 6.56. The standard InChI is InChI=1S/C34H36F2N8O2/c1-19-25-10-9-20-15-30(44(31(20)40-25)14-5-3-4-8-26-21(33(45)39-19)7-6-12-38-26)32-41-27-16-22(24(36)17-29(27)43(32)2)34(46)42-28-18-37-13-11-23(28)35/h6-7,9-10,12,15-17,19,23,28,37H,3-5,8,11,13-14,18H2,1-2H3,(H,39,45)(H,42,46)/t19-,23+,28+/m1/s1. The lowest BCUT2D eigenvalue weighted by Crippen LogP contribution is -2.52. The summed E-state index contributed by atoms with van der Waals surface area (Å²) in [5, 5.41) is 9.71. The fraction of sp³-hybridized carbons (Fsp3) is 0.382. The van der Waals surface area contributed by atoms with E-state index in [0.717, 1.165) is 47.4 Å². The average molecular weight is 627 g/mol. The number of carbonyl (C=O) groups is 2. The van der Waals surface area contributed by atoms with Crippen molar-refractivity contribution in [3.8, 4) is 11.5 Å². The molecule has 238 valence electrons. The molecule has 6 heterocycles. The predicted octanol–water partition coefficient (Wildman–Crippen LogP) is 4.77.